The number of rotatable bonds is 2. The van der Waals surface area contributed by atoms with Gasteiger partial charge in [0.2, 0.25) is 0 Å². The zero-order valence-electron chi connectivity index (χ0n) is 18.7. The van der Waals surface area contributed by atoms with Crippen molar-refractivity contribution in [1.29, 1.82) is 0 Å². The van der Waals surface area contributed by atoms with E-state index in [-0.39, 0.29) is 21.9 Å². The van der Waals surface area contributed by atoms with Crippen LogP contribution in [0, 0.1) is 22.0 Å². The number of aromatic nitrogens is 1. The molecule has 2 fully saturated rings. The molecule has 0 amide bonds. The van der Waals surface area contributed by atoms with Crippen LogP contribution in [-0.2, 0) is 16.8 Å². The van der Waals surface area contributed by atoms with Gasteiger partial charge in [0.15, 0.2) is 5.78 Å². The van der Waals surface area contributed by atoms with Gasteiger partial charge in [-0.15, -0.1) is 0 Å². The summed E-state index contributed by atoms with van der Waals surface area (Å²) in [7, 11) is 0. The molecule has 1 saturated heterocycles. The van der Waals surface area contributed by atoms with E-state index in [2.05, 4.69) is 35.0 Å². The third-order valence-electron chi connectivity index (χ3n) is 8.18. The molecule has 2 unspecified atom stereocenters. The lowest BCUT2D eigenvalue weighted by Crippen LogP contribution is -2.57. The number of piperidine rings is 1. The summed E-state index contributed by atoms with van der Waals surface area (Å²) in [6.07, 6.45) is 5.34. The van der Waals surface area contributed by atoms with Crippen molar-refractivity contribution in [3.8, 4) is 0 Å². The van der Waals surface area contributed by atoms with Crippen molar-refractivity contribution in [2.24, 2.45) is 11.8 Å². The van der Waals surface area contributed by atoms with Crippen LogP contribution in [0.5, 0.6) is 0 Å². The molecule has 0 radical (unpaired) electrons. The topological polar surface area (TPSA) is 79.2 Å². The van der Waals surface area contributed by atoms with E-state index in [1.165, 1.54) is 11.3 Å². The monoisotopic (exact) mass is 441 g/mol. The average Bonchev–Trinajstić information content (AvgIpc) is 3.18. The minimum Gasteiger partial charge on any atom is -0.357 e. The van der Waals surface area contributed by atoms with E-state index in [1.54, 1.807) is 12.1 Å². The van der Waals surface area contributed by atoms with Gasteiger partial charge in [0.05, 0.1) is 10.5 Å². The number of nitrogens with zero attached hydrogens (tertiary/aromatic N) is 2. The molecule has 2 aromatic carbocycles. The number of Topliss-reactive ketones (excluding diaryl/α,β-unsaturated/α-hetero) is 1. The normalized spacial score (nSPS) is 28.4. The zero-order valence-corrected chi connectivity index (χ0v) is 18.7. The molecule has 6 rings (SSSR count). The lowest BCUT2D eigenvalue weighted by Gasteiger charge is -2.54. The van der Waals surface area contributed by atoms with Crippen LogP contribution < -0.4 is 0 Å². The highest BCUT2D eigenvalue weighted by Gasteiger charge is 2.50. The molecule has 1 aliphatic carbocycles. The molecular formula is C27H27N3O3. The Bertz CT molecular complexity index is 1310. The fourth-order valence-electron chi connectivity index (χ4n) is 6.48. The fraction of sp³-hybridized carbons (Fsp3) is 0.370. The molecule has 33 heavy (non-hydrogen) atoms. The van der Waals surface area contributed by atoms with Crippen LogP contribution >= 0.6 is 0 Å². The van der Waals surface area contributed by atoms with E-state index in [1.807, 2.05) is 24.3 Å². The number of non-ortho nitro benzene ring substituents is 1. The number of hydrogen-bond donors (Lipinski definition) is 1. The minimum atomic E-state index is -0.324. The number of hydrogen-bond acceptors (Lipinski definition) is 4. The summed E-state index contributed by atoms with van der Waals surface area (Å²) in [5.41, 5.74) is 5.36. The Kier molecular flexibility index (Phi) is 4.56. The molecular weight excluding hydrogens is 414 g/mol. The number of nitro benzene ring substituents is 1. The van der Waals surface area contributed by atoms with Crippen LogP contribution in [0.1, 0.15) is 43.0 Å². The third-order valence-corrected chi connectivity index (χ3v) is 8.18. The number of aromatic amines is 1. The molecule has 3 heterocycles. The van der Waals surface area contributed by atoms with Crippen LogP contribution in [0.3, 0.4) is 0 Å². The molecule has 6 nitrogen and oxygen atoms in total. The lowest BCUT2D eigenvalue weighted by atomic mass is 9.65. The van der Waals surface area contributed by atoms with Crippen LogP contribution in [0.4, 0.5) is 5.69 Å². The highest BCUT2D eigenvalue weighted by Crippen LogP contribution is 2.50. The highest BCUT2D eigenvalue weighted by molar-refractivity contribution is 6.00. The van der Waals surface area contributed by atoms with Gasteiger partial charge in [0.1, 0.15) is 0 Å². The quantitative estimate of drug-likeness (QED) is 0.335. The number of ketones is 1. The second kappa shape index (κ2) is 7.39. The molecule has 1 aromatic heterocycles. The molecule has 0 bridgehead atoms. The lowest BCUT2D eigenvalue weighted by molar-refractivity contribution is -0.384. The maximum Gasteiger partial charge on any atom is 0.270 e. The molecule has 2 aliphatic heterocycles. The van der Waals surface area contributed by atoms with Crippen molar-refractivity contribution in [2.45, 2.75) is 38.1 Å². The number of fused-ring (bicyclic) bond motifs is 6. The van der Waals surface area contributed by atoms with Gasteiger partial charge in [0, 0.05) is 48.2 Å². The van der Waals surface area contributed by atoms with E-state index in [0.717, 1.165) is 54.4 Å². The largest absolute Gasteiger partial charge is 0.357 e. The Balaban J connectivity index is 1.32. The van der Waals surface area contributed by atoms with Gasteiger partial charge in [-0.2, -0.15) is 0 Å². The first kappa shape index (κ1) is 20.4. The second-order valence-electron chi connectivity index (χ2n) is 10.1. The van der Waals surface area contributed by atoms with E-state index in [4.69, 9.17) is 0 Å². The fourth-order valence-corrected chi connectivity index (χ4v) is 6.48. The van der Waals surface area contributed by atoms with Gasteiger partial charge in [-0.1, -0.05) is 30.3 Å². The molecule has 1 N–H and O–H groups in total. The van der Waals surface area contributed by atoms with Crippen molar-refractivity contribution < 1.29 is 9.72 Å². The standard InChI is InChI=1S/C27H27N3O3/c1-27-15-19-13-25(31)18(11-17-5-3-2-4-6-17)12-20(19)16-29(27)10-9-22-23-14-21(30(32)33)7-8-24(23)28-26(22)27/h2-8,11,14,19-20,28H,9-10,12-13,15-16H2,1H3/t19?,20?,27-/m0/s1. The molecule has 3 aromatic rings. The first-order valence-corrected chi connectivity index (χ1v) is 11.8. The third kappa shape index (κ3) is 3.23. The number of benzene rings is 2. The van der Waals surface area contributed by atoms with Crippen molar-refractivity contribution in [3.05, 3.63) is 81.0 Å². The molecule has 0 spiro atoms. The van der Waals surface area contributed by atoms with Gasteiger partial charge in [0.25, 0.3) is 5.69 Å². The summed E-state index contributed by atoms with van der Waals surface area (Å²) in [6, 6.07) is 15.2. The van der Waals surface area contributed by atoms with Crippen LogP contribution in [0.2, 0.25) is 0 Å². The van der Waals surface area contributed by atoms with Crippen molar-refractivity contribution in [1.82, 2.24) is 9.88 Å². The Labute approximate surface area is 192 Å². The molecule has 3 atom stereocenters. The van der Waals surface area contributed by atoms with Gasteiger partial charge < -0.3 is 4.98 Å². The van der Waals surface area contributed by atoms with Gasteiger partial charge in [-0.05, 0) is 66.9 Å². The van der Waals surface area contributed by atoms with Crippen molar-refractivity contribution >= 4 is 28.4 Å². The number of carbonyl (C=O) groups excluding carboxylic acids is 1. The van der Waals surface area contributed by atoms with E-state index in [0.29, 0.717) is 18.3 Å². The van der Waals surface area contributed by atoms with E-state index in [9.17, 15) is 14.9 Å². The van der Waals surface area contributed by atoms with Crippen LogP contribution in [0.15, 0.2) is 54.1 Å². The minimum absolute atomic E-state index is 0.135. The van der Waals surface area contributed by atoms with E-state index < -0.39 is 0 Å². The van der Waals surface area contributed by atoms with Crippen molar-refractivity contribution in [2.75, 3.05) is 13.1 Å². The van der Waals surface area contributed by atoms with Gasteiger partial charge >= 0.3 is 0 Å². The number of allylic oxidation sites excluding steroid dienone is 1. The predicted molar refractivity (Wildman–Crippen MR) is 128 cm³/mol. The summed E-state index contributed by atoms with van der Waals surface area (Å²) in [4.78, 5) is 30.2. The second-order valence-corrected chi connectivity index (χ2v) is 10.1. The van der Waals surface area contributed by atoms with E-state index >= 15 is 0 Å². The Morgan fingerprint density at radius 2 is 1.97 bits per heavy atom. The Hall–Kier alpha value is -3.25. The molecule has 168 valence electrons. The average molecular weight is 442 g/mol. The zero-order chi connectivity index (χ0) is 22.7. The van der Waals surface area contributed by atoms with Gasteiger partial charge in [-0.3, -0.25) is 19.8 Å². The summed E-state index contributed by atoms with van der Waals surface area (Å²) in [6.45, 7) is 4.20. The summed E-state index contributed by atoms with van der Waals surface area (Å²) in [5, 5.41) is 12.3. The van der Waals surface area contributed by atoms with Gasteiger partial charge in [-0.25, -0.2) is 0 Å². The smallest absolute Gasteiger partial charge is 0.270 e. The Morgan fingerprint density at radius 3 is 2.76 bits per heavy atom. The predicted octanol–water partition coefficient (Wildman–Crippen LogP) is 5.23. The summed E-state index contributed by atoms with van der Waals surface area (Å²) >= 11 is 0. The number of nitro groups is 1. The maximum atomic E-state index is 13.1. The Morgan fingerprint density at radius 1 is 1.15 bits per heavy atom. The number of nitrogens with one attached hydrogen (secondary N) is 1. The SMILES string of the molecule is C[C@@]12CC3CC(=O)C(=Cc4ccccc4)CC3CN1CCc1c2[nH]c2ccc([N+](=O)[O-])cc12. The number of H-pyrrole nitrogens is 1. The molecule has 3 aliphatic rings. The summed E-state index contributed by atoms with van der Waals surface area (Å²) < 4.78 is 0. The molecule has 1 saturated carbocycles. The number of carbonyl (C=O) groups is 1. The van der Waals surface area contributed by atoms with Crippen LogP contribution in [-0.4, -0.2) is 33.7 Å². The maximum absolute atomic E-state index is 13.1. The van der Waals surface area contributed by atoms with Crippen LogP contribution in [0.25, 0.3) is 17.0 Å². The first-order chi connectivity index (χ1) is 15.9. The summed E-state index contributed by atoms with van der Waals surface area (Å²) in [5.74, 6) is 1.12. The first-order valence-electron chi connectivity index (χ1n) is 11.8. The molecule has 6 heteroatoms. The van der Waals surface area contributed by atoms with Crippen molar-refractivity contribution in [3.63, 3.8) is 0 Å². The highest BCUT2D eigenvalue weighted by atomic mass is 16.6.